The molecule has 2 aromatic heterocycles. The van der Waals surface area contributed by atoms with E-state index in [4.69, 9.17) is 4.42 Å². The maximum atomic E-state index is 12.4. The van der Waals surface area contributed by atoms with E-state index in [-0.39, 0.29) is 5.91 Å². The van der Waals surface area contributed by atoms with E-state index in [0.717, 1.165) is 36.9 Å². The lowest BCUT2D eigenvalue weighted by atomic mass is 10.2. The first kappa shape index (κ1) is 13.5. The SMILES string of the molecule is C[C@@H]1C[C@@H]1c1ccc(CCC(=O)N2CCCn3ncnc32)o1. The van der Waals surface area contributed by atoms with E-state index in [1.54, 1.807) is 9.58 Å². The number of fused-ring (bicyclic) bond motifs is 1. The number of carbonyl (C=O) groups excluding carboxylic acids is 1. The molecule has 0 aromatic carbocycles. The van der Waals surface area contributed by atoms with Crippen molar-refractivity contribution >= 4 is 11.9 Å². The van der Waals surface area contributed by atoms with Crippen LogP contribution in [0, 0.1) is 5.92 Å². The van der Waals surface area contributed by atoms with E-state index in [1.165, 1.54) is 12.7 Å². The smallest absolute Gasteiger partial charge is 0.230 e. The molecule has 3 heterocycles. The Morgan fingerprint density at radius 3 is 3.09 bits per heavy atom. The molecule has 0 radical (unpaired) electrons. The largest absolute Gasteiger partial charge is 0.466 e. The van der Waals surface area contributed by atoms with Crippen LogP contribution in [-0.4, -0.2) is 27.2 Å². The Kier molecular flexibility index (Phi) is 3.24. The highest BCUT2D eigenvalue weighted by Crippen LogP contribution is 2.47. The Balaban J connectivity index is 1.38. The number of nitrogens with zero attached hydrogens (tertiary/aromatic N) is 4. The third-order valence-corrected chi connectivity index (χ3v) is 4.63. The van der Waals surface area contributed by atoms with Crippen LogP contribution in [0.15, 0.2) is 22.9 Å². The average molecular weight is 300 g/mol. The second kappa shape index (κ2) is 5.26. The Labute approximate surface area is 129 Å². The van der Waals surface area contributed by atoms with Gasteiger partial charge in [0.25, 0.3) is 0 Å². The molecule has 1 fully saturated rings. The predicted molar refractivity (Wildman–Crippen MR) is 80.5 cm³/mol. The van der Waals surface area contributed by atoms with E-state index in [0.29, 0.717) is 24.7 Å². The van der Waals surface area contributed by atoms with Gasteiger partial charge in [0.05, 0.1) is 0 Å². The van der Waals surface area contributed by atoms with Crippen molar-refractivity contribution in [3.8, 4) is 0 Å². The summed E-state index contributed by atoms with van der Waals surface area (Å²) in [4.78, 5) is 18.4. The first-order chi connectivity index (χ1) is 10.7. The fourth-order valence-corrected chi connectivity index (χ4v) is 3.15. The minimum atomic E-state index is 0.0895. The standard InChI is InChI=1S/C16H20N4O2/c1-11-9-13(11)14-5-3-12(22-14)4-6-15(21)19-7-2-8-20-16(19)17-10-18-20/h3,5,10-11,13H,2,4,6-9H2,1H3/t11-,13+/m1/s1. The maximum absolute atomic E-state index is 12.4. The van der Waals surface area contributed by atoms with Crippen molar-refractivity contribution in [3.05, 3.63) is 30.0 Å². The molecular weight excluding hydrogens is 280 g/mol. The van der Waals surface area contributed by atoms with Crippen LogP contribution in [0.4, 0.5) is 5.95 Å². The van der Waals surface area contributed by atoms with Gasteiger partial charge in [-0.15, -0.1) is 0 Å². The third kappa shape index (κ3) is 2.42. The van der Waals surface area contributed by atoms with Crippen molar-refractivity contribution in [2.24, 2.45) is 5.92 Å². The Morgan fingerprint density at radius 2 is 2.27 bits per heavy atom. The van der Waals surface area contributed by atoms with Gasteiger partial charge in [-0.25, -0.2) is 4.68 Å². The van der Waals surface area contributed by atoms with Crippen LogP contribution in [0.5, 0.6) is 0 Å². The molecule has 0 spiro atoms. The number of amides is 1. The normalized spacial score (nSPS) is 23.4. The molecule has 0 unspecified atom stereocenters. The summed E-state index contributed by atoms with van der Waals surface area (Å²) in [7, 11) is 0. The van der Waals surface area contributed by atoms with Crippen LogP contribution in [0.1, 0.15) is 43.6 Å². The first-order valence-electron chi connectivity index (χ1n) is 7.99. The van der Waals surface area contributed by atoms with Crippen LogP contribution in [0.2, 0.25) is 0 Å². The molecule has 6 nitrogen and oxygen atoms in total. The predicted octanol–water partition coefficient (Wildman–Crippen LogP) is 2.36. The number of hydrogen-bond donors (Lipinski definition) is 0. The lowest BCUT2D eigenvalue weighted by Crippen LogP contribution is -2.38. The monoisotopic (exact) mass is 300 g/mol. The quantitative estimate of drug-likeness (QED) is 0.869. The average Bonchev–Trinajstić information content (AvgIpc) is 2.98. The molecule has 1 aliphatic heterocycles. The van der Waals surface area contributed by atoms with Crippen molar-refractivity contribution in [3.63, 3.8) is 0 Å². The zero-order chi connectivity index (χ0) is 15.1. The summed E-state index contributed by atoms with van der Waals surface area (Å²) in [6.45, 7) is 3.80. The summed E-state index contributed by atoms with van der Waals surface area (Å²) in [5.41, 5.74) is 0. The Morgan fingerprint density at radius 1 is 1.41 bits per heavy atom. The Hall–Kier alpha value is -2.11. The minimum Gasteiger partial charge on any atom is -0.466 e. The van der Waals surface area contributed by atoms with E-state index >= 15 is 0 Å². The lowest BCUT2D eigenvalue weighted by molar-refractivity contribution is -0.118. The summed E-state index contributed by atoms with van der Waals surface area (Å²) in [5.74, 6) is 4.06. The van der Waals surface area contributed by atoms with Crippen LogP contribution in [0.3, 0.4) is 0 Å². The van der Waals surface area contributed by atoms with Gasteiger partial charge in [0, 0.05) is 31.8 Å². The number of hydrogen-bond acceptors (Lipinski definition) is 4. The number of anilines is 1. The number of aryl methyl sites for hydroxylation is 2. The molecule has 0 saturated heterocycles. The number of aromatic nitrogens is 3. The van der Waals surface area contributed by atoms with Gasteiger partial charge < -0.3 is 4.42 Å². The van der Waals surface area contributed by atoms with Crippen molar-refractivity contribution in [2.75, 3.05) is 11.4 Å². The van der Waals surface area contributed by atoms with Crippen LogP contribution in [0.25, 0.3) is 0 Å². The molecule has 1 aliphatic carbocycles. The van der Waals surface area contributed by atoms with Gasteiger partial charge in [0.15, 0.2) is 0 Å². The van der Waals surface area contributed by atoms with Gasteiger partial charge in [0.2, 0.25) is 11.9 Å². The van der Waals surface area contributed by atoms with E-state index < -0.39 is 0 Å². The summed E-state index contributed by atoms with van der Waals surface area (Å²) in [6.07, 6.45) is 4.74. The first-order valence-corrected chi connectivity index (χ1v) is 7.99. The topological polar surface area (TPSA) is 64.2 Å². The van der Waals surface area contributed by atoms with Gasteiger partial charge >= 0.3 is 0 Å². The summed E-state index contributed by atoms with van der Waals surface area (Å²) < 4.78 is 7.66. The van der Waals surface area contributed by atoms with Crippen LogP contribution in [-0.2, 0) is 17.8 Å². The molecule has 0 bridgehead atoms. The van der Waals surface area contributed by atoms with Gasteiger partial charge in [-0.2, -0.15) is 10.1 Å². The van der Waals surface area contributed by atoms with Gasteiger partial charge in [0.1, 0.15) is 17.8 Å². The van der Waals surface area contributed by atoms with E-state index in [2.05, 4.69) is 23.1 Å². The van der Waals surface area contributed by atoms with E-state index in [1.807, 2.05) is 6.07 Å². The fourth-order valence-electron chi connectivity index (χ4n) is 3.15. The van der Waals surface area contributed by atoms with E-state index in [9.17, 15) is 4.79 Å². The molecule has 2 atom stereocenters. The second-order valence-corrected chi connectivity index (χ2v) is 6.31. The van der Waals surface area contributed by atoms with Gasteiger partial charge in [-0.1, -0.05) is 6.92 Å². The van der Waals surface area contributed by atoms with Crippen molar-refractivity contribution in [2.45, 2.75) is 45.1 Å². The summed E-state index contributed by atoms with van der Waals surface area (Å²) in [5, 5.41) is 4.14. The highest BCUT2D eigenvalue weighted by atomic mass is 16.3. The third-order valence-electron chi connectivity index (χ3n) is 4.63. The van der Waals surface area contributed by atoms with Crippen LogP contribution >= 0.6 is 0 Å². The van der Waals surface area contributed by atoms with Crippen molar-refractivity contribution in [1.82, 2.24) is 14.8 Å². The molecular formula is C16H20N4O2. The molecule has 1 saturated carbocycles. The molecule has 2 aromatic rings. The minimum absolute atomic E-state index is 0.0895. The number of rotatable bonds is 4. The zero-order valence-corrected chi connectivity index (χ0v) is 12.7. The number of furan rings is 1. The summed E-state index contributed by atoms with van der Waals surface area (Å²) in [6, 6.07) is 4.07. The maximum Gasteiger partial charge on any atom is 0.230 e. The molecule has 4 rings (SSSR count). The molecule has 0 N–H and O–H groups in total. The van der Waals surface area contributed by atoms with Gasteiger partial charge in [-0.3, -0.25) is 9.69 Å². The second-order valence-electron chi connectivity index (χ2n) is 6.31. The highest BCUT2D eigenvalue weighted by molar-refractivity contribution is 5.91. The molecule has 6 heteroatoms. The van der Waals surface area contributed by atoms with Crippen LogP contribution < -0.4 is 4.90 Å². The molecule has 1 amide bonds. The molecule has 2 aliphatic rings. The highest BCUT2D eigenvalue weighted by Gasteiger charge is 2.36. The number of carbonyl (C=O) groups is 1. The van der Waals surface area contributed by atoms with Crippen molar-refractivity contribution in [1.29, 1.82) is 0 Å². The summed E-state index contributed by atoms with van der Waals surface area (Å²) >= 11 is 0. The Bertz CT molecular complexity index is 690. The van der Waals surface area contributed by atoms with Crippen molar-refractivity contribution < 1.29 is 9.21 Å². The molecule has 116 valence electrons. The molecule has 22 heavy (non-hydrogen) atoms. The zero-order valence-electron chi connectivity index (χ0n) is 12.7. The lowest BCUT2D eigenvalue weighted by Gasteiger charge is -2.25. The fraction of sp³-hybridized carbons (Fsp3) is 0.562. The van der Waals surface area contributed by atoms with Gasteiger partial charge in [-0.05, 0) is 30.9 Å².